The van der Waals surface area contributed by atoms with Gasteiger partial charge in [0.2, 0.25) is 11.8 Å². The summed E-state index contributed by atoms with van der Waals surface area (Å²) in [5.74, 6) is -2.59. The predicted molar refractivity (Wildman–Crippen MR) is 117 cm³/mol. The quantitative estimate of drug-likeness (QED) is 0.704. The molecule has 2 saturated heterocycles. The second-order valence-corrected chi connectivity index (χ2v) is 9.00. The number of hydrogen-bond donors (Lipinski definition) is 1. The number of halogens is 2. The third-order valence-corrected chi connectivity index (χ3v) is 6.95. The van der Waals surface area contributed by atoms with Gasteiger partial charge in [0.05, 0.1) is 0 Å². The Hall–Kier alpha value is -3.62. The molecule has 1 N–H and O–H groups in total. The van der Waals surface area contributed by atoms with E-state index in [-0.39, 0.29) is 48.2 Å². The highest BCUT2D eigenvalue weighted by Gasteiger charge is 2.41. The molecule has 4 amide bonds. The number of likely N-dealkylation sites (tertiary alicyclic amines) is 1. The maximum absolute atomic E-state index is 14.5. The molecule has 2 aromatic rings. The average Bonchev–Trinajstić information content (AvgIpc) is 3.14. The second-order valence-electron chi connectivity index (χ2n) is 9.00. The first-order valence-corrected chi connectivity index (χ1v) is 11.3. The number of rotatable bonds is 3. The van der Waals surface area contributed by atoms with Gasteiger partial charge in [-0.2, -0.15) is 0 Å². The highest BCUT2D eigenvalue weighted by Crippen LogP contribution is 2.38. The van der Waals surface area contributed by atoms with E-state index < -0.39 is 29.5 Å². The van der Waals surface area contributed by atoms with Crippen molar-refractivity contribution in [2.24, 2.45) is 0 Å². The third kappa shape index (κ3) is 3.95. The van der Waals surface area contributed by atoms with Crippen molar-refractivity contribution in [1.82, 2.24) is 15.1 Å². The maximum atomic E-state index is 14.5. The number of nitrogens with zero attached hydrogens (tertiary/aromatic N) is 2. The van der Waals surface area contributed by atoms with Crippen LogP contribution in [0.25, 0.3) is 0 Å². The van der Waals surface area contributed by atoms with Crippen molar-refractivity contribution in [3.8, 4) is 0 Å². The molecule has 2 fully saturated rings. The fourth-order valence-corrected chi connectivity index (χ4v) is 5.22. The maximum Gasteiger partial charge on any atom is 0.255 e. The lowest BCUT2D eigenvalue weighted by atomic mass is 9.85. The minimum absolute atomic E-state index is 0.0597. The lowest BCUT2D eigenvalue weighted by Gasteiger charge is -2.33. The van der Waals surface area contributed by atoms with Crippen molar-refractivity contribution in [2.45, 2.75) is 44.2 Å². The molecule has 0 aliphatic carbocycles. The van der Waals surface area contributed by atoms with Crippen LogP contribution in [0.3, 0.4) is 0 Å². The van der Waals surface area contributed by atoms with Crippen LogP contribution in [0, 0.1) is 11.6 Å². The van der Waals surface area contributed by atoms with Crippen LogP contribution in [-0.4, -0.2) is 52.6 Å². The van der Waals surface area contributed by atoms with Crippen LogP contribution in [0.4, 0.5) is 8.78 Å². The lowest BCUT2D eigenvalue weighted by molar-refractivity contribution is -0.136. The molecule has 2 aromatic carbocycles. The minimum Gasteiger partial charge on any atom is -0.339 e. The van der Waals surface area contributed by atoms with E-state index in [1.54, 1.807) is 11.0 Å². The highest BCUT2D eigenvalue weighted by molar-refractivity contribution is 6.05. The monoisotopic (exact) mass is 467 g/mol. The third-order valence-electron chi connectivity index (χ3n) is 6.95. The van der Waals surface area contributed by atoms with Gasteiger partial charge in [-0.1, -0.05) is 6.07 Å². The summed E-state index contributed by atoms with van der Waals surface area (Å²) in [6, 6.07) is 7.45. The summed E-state index contributed by atoms with van der Waals surface area (Å²) in [6.45, 7) is 1.03. The van der Waals surface area contributed by atoms with E-state index in [0.29, 0.717) is 31.5 Å². The number of amides is 4. The molecule has 1 unspecified atom stereocenters. The van der Waals surface area contributed by atoms with Crippen molar-refractivity contribution in [3.63, 3.8) is 0 Å². The first-order chi connectivity index (χ1) is 16.3. The predicted octanol–water partition coefficient (Wildman–Crippen LogP) is 2.75. The smallest absolute Gasteiger partial charge is 0.255 e. The van der Waals surface area contributed by atoms with Gasteiger partial charge in [-0.3, -0.25) is 24.5 Å². The molecule has 9 heteroatoms. The zero-order valence-electron chi connectivity index (χ0n) is 18.4. The van der Waals surface area contributed by atoms with E-state index >= 15 is 0 Å². The number of carbonyl (C=O) groups excluding carboxylic acids is 4. The molecular weight excluding hydrogens is 444 g/mol. The van der Waals surface area contributed by atoms with Crippen molar-refractivity contribution < 1.29 is 28.0 Å². The van der Waals surface area contributed by atoms with E-state index in [1.165, 1.54) is 35.2 Å². The molecule has 0 aromatic heterocycles. The molecule has 3 aliphatic rings. The first kappa shape index (κ1) is 22.2. The van der Waals surface area contributed by atoms with E-state index in [2.05, 4.69) is 5.32 Å². The number of benzene rings is 2. The van der Waals surface area contributed by atoms with Gasteiger partial charge in [-0.05, 0) is 66.6 Å². The largest absolute Gasteiger partial charge is 0.339 e. The van der Waals surface area contributed by atoms with Gasteiger partial charge >= 0.3 is 0 Å². The molecule has 0 radical (unpaired) electrons. The average molecular weight is 467 g/mol. The minimum atomic E-state index is -0.765. The molecule has 0 bridgehead atoms. The summed E-state index contributed by atoms with van der Waals surface area (Å²) in [7, 11) is 0. The number of fused-ring (bicyclic) bond motifs is 1. The van der Waals surface area contributed by atoms with Gasteiger partial charge in [-0.25, -0.2) is 8.78 Å². The summed E-state index contributed by atoms with van der Waals surface area (Å²) in [5, 5.41) is 2.27. The van der Waals surface area contributed by atoms with Gasteiger partial charge in [0, 0.05) is 37.2 Å². The van der Waals surface area contributed by atoms with E-state index in [4.69, 9.17) is 0 Å². The molecular formula is C25H23F2N3O4. The van der Waals surface area contributed by atoms with Crippen LogP contribution in [0.15, 0.2) is 36.4 Å². The number of nitrogens with one attached hydrogen (secondary N) is 1. The molecule has 3 heterocycles. The fraction of sp³-hybridized carbons (Fsp3) is 0.360. The summed E-state index contributed by atoms with van der Waals surface area (Å²) in [5.41, 5.74) is 1.95. The van der Waals surface area contributed by atoms with Gasteiger partial charge in [0.15, 0.2) is 0 Å². The number of imide groups is 1. The summed E-state index contributed by atoms with van der Waals surface area (Å²) < 4.78 is 28.0. The lowest BCUT2D eigenvalue weighted by Crippen LogP contribution is -2.52. The van der Waals surface area contributed by atoms with Gasteiger partial charge in [-0.15, -0.1) is 0 Å². The Bertz CT molecular complexity index is 1210. The Kier molecular flexibility index (Phi) is 5.63. The van der Waals surface area contributed by atoms with Crippen LogP contribution in [0.2, 0.25) is 0 Å². The topological polar surface area (TPSA) is 86.8 Å². The number of carbonyl (C=O) groups is 4. The molecule has 3 aliphatic heterocycles. The van der Waals surface area contributed by atoms with Crippen LogP contribution in [0.5, 0.6) is 0 Å². The SMILES string of the molecule is O=C1CCC(N2Cc3c(cc(F)cc3C3CCN(C(=O)c4cccc(F)c4)CC3)C2=O)C(=O)N1. The first-order valence-electron chi connectivity index (χ1n) is 11.3. The Morgan fingerprint density at radius 3 is 2.44 bits per heavy atom. The van der Waals surface area contributed by atoms with E-state index in [1.807, 2.05) is 0 Å². The Morgan fingerprint density at radius 2 is 1.74 bits per heavy atom. The van der Waals surface area contributed by atoms with Crippen LogP contribution < -0.4 is 5.32 Å². The molecule has 0 saturated carbocycles. The molecule has 0 spiro atoms. The highest BCUT2D eigenvalue weighted by atomic mass is 19.1. The second kappa shape index (κ2) is 8.62. The molecule has 34 heavy (non-hydrogen) atoms. The van der Waals surface area contributed by atoms with Gasteiger partial charge < -0.3 is 9.80 Å². The Balaban J connectivity index is 1.34. The van der Waals surface area contributed by atoms with Gasteiger partial charge in [0.25, 0.3) is 11.8 Å². The molecule has 1 atom stereocenters. The number of hydrogen-bond acceptors (Lipinski definition) is 4. The summed E-state index contributed by atoms with van der Waals surface area (Å²) in [4.78, 5) is 52.7. The fourth-order valence-electron chi connectivity index (χ4n) is 5.22. The van der Waals surface area contributed by atoms with Crippen molar-refractivity contribution in [3.05, 3.63) is 70.3 Å². The van der Waals surface area contributed by atoms with E-state index in [9.17, 15) is 28.0 Å². The Morgan fingerprint density at radius 1 is 0.971 bits per heavy atom. The standard InChI is InChI=1S/C25H23F2N3O4/c26-16-3-1-2-15(10-16)24(33)29-8-6-14(7-9-29)18-11-17(27)12-19-20(18)13-30(25(19)34)21-4-5-22(31)28-23(21)32/h1-3,10-12,14,21H,4-9,13H2,(H,28,31,32). The van der Waals surface area contributed by atoms with Crippen LogP contribution in [0.1, 0.15) is 63.4 Å². The molecule has 5 rings (SSSR count). The van der Waals surface area contributed by atoms with Crippen molar-refractivity contribution in [1.29, 1.82) is 0 Å². The van der Waals surface area contributed by atoms with Gasteiger partial charge in [0.1, 0.15) is 17.7 Å². The molecule has 176 valence electrons. The molecule has 7 nitrogen and oxygen atoms in total. The number of piperidine rings is 2. The zero-order valence-corrected chi connectivity index (χ0v) is 18.4. The van der Waals surface area contributed by atoms with Crippen LogP contribution >= 0.6 is 0 Å². The summed E-state index contributed by atoms with van der Waals surface area (Å²) >= 11 is 0. The normalized spacial score (nSPS) is 21.0. The van der Waals surface area contributed by atoms with Crippen molar-refractivity contribution >= 4 is 23.6 Å². The van der Waals surface area contributed by atoms with Crippen molar-refractivity contribution in [2.75, 3.05) is 13.1 Å². The zero-order chi connectivity index (χ0) is 24.0. The van der Waals surface area contributed by atoms with E-state index in [0.717, 1.165) is 5.56 Å². The Labute approximate surface area is 194 Å². The van der Waals surface area contributed by atoms with Crippen LogP contribution in [-0.2, 0) is 16.1 Å². The summed E-state index contributed by atoms with van der Waals surface area (Å²) in [6.07, 6.45) is 1.53.